The Hall–Kier alpha value is -3.73. The molecule has 0 aliphatic carbocycles. The first-order valence-electron chi connectivity index (χ1n) is 12.7. The Balaban J connectivity index is 0.00000274. The average molecular weight is 627 g/mol. The average Bonchev–Trinajstić information content (AvgIpc) is 3.33. The Bertz CT molecular complexity index is 1380. The lowest BCUT2D eigenvalue weighted by Crippen LogP contribution is -2.31. The van der Waals surface area contributed by atoms with Crippen LogP contribution in [0.1, 0.15) is 45.1 Å². The van der Waals surface area contributed by atoms with Crippen LogP contribution < -0.4 is 16.0 Å². The van der Waals surface area contributed by atoms with E-state index in [1.165, 1.54) is 23.5 Å². The smallest absolute Gasteiger partial charge is 0.271 e. The molecule has 0 unspecified atom stereocenters. The summed E-state index contributed by atoms with van der Waals surface area (Å²) >= 11 is 4.69. The normalized spacial score (nSPS) is 11.1. The van der Waals surface area contributed by atoms with Crippen molar-refractivity contribution in [3.8, 4) is 0 Å². The molecule has 0 aliphatic rings. The van der Waals surface area contributed by atoms with E-state index in [0.29, 0.717) is 34.3 Å². The second-order valence-corrected chi connectivity index (χ2v) is 10.5. The number of benzene rings is 2. The number of carbonyl (C=O) groups excluding carboxylic acids is 2. The number of aliphatic hydroxyl groups is 1. The number of halogens is 1. The SMILES string of the molecule is C=C/C(O)=C\C=C\c1sc(Nc2cc(NC(=O)c3cccc(Br)c3)ccc2C)nc1C(=O)NCCN(C)C.CC. The van der Waals surface area contributed by atoms with E-state index >= 15 is 0 Å². The summed E-state index contributed by atoms with van der Waals surface area (Å²) < 4.78 is 0.821. The molecule has 0 bridgehead atoms. The fraction of sp³-hybridized carbons (Fsp3) is 0.233. The van der Waals surface area contributed by atoms with Crippen molar-refractivity contribution in [3.05, 3.63) is 99.2 Å². The second kappa shape index (κ2) is 16.4. The van der Waals surface area contributed by atoms with Gasteiger partial charge in [-0.2, -0.15) is 0 Å². The van der Waals surface area contributed by atoms with Gasteiger partial charge in [-0.15, -0.1) is 0 Å². The molecule has 0 atom stereocenters. The monoisotopic (exact) mass is 625 g/mol. The summed E-state index contributed by atoms with van der Waals surface area (Å²) in [5, 5.41) is 19.2. The zero-order valence-corrected chi connectivity index (χ0v) is 25.8. The van der Waals surface area contributed by atoms with Gasteiger partial charge in [0, 0.05) is 34.5 Å². The van der Waals surface area contributed by atoms with E-state index in [-0.39, 0.29) is 23.3 Å². The number of hydrogen-bond donors (Lipinski definition) is 4. The van der Waals surface area contributed by atoms with Crippen molar-refractivity contribution in [1.29, 1.82) is 0 Å². The highest BCUT2D eigenvalue weighted by molar-refractivity contribution is 9.10. The lowest BCUT2D eigenvalue weighted by atomic mass is 10.1. The third kappa shape index (κ3) is 10.1. The van der Waals surface area contributed by atoms with Crippen LogP contribution in [0.2, 0.25) is 0 Å². The molecule has 212 valence electrons. The van der Waals surface area contributed by atoms with E-state index in [9.17, 15) is 14.7 Å². The van der Waals surface area contributed by atoms with E-state index in [1.54, 1.807) is 30.4 Å². The predicted octanol–water partition coefficient (Wildman–Crippen LogP) is 7.17. The fourth-order valence-corrected chi connectivity index (χ4v) is 4.51. The van der Waals surface area contributed by atoms with E-state index in [4.69, 9.17) is 0 Å². The van der Waals surface area contributed by atoms with Gasteiger partial charge in [0.25, 0.3) is 11.8 Å². The molecule has 2 aromatic carbocycles. The highest BCUT2D eigenvalue weighted by Gasteiger charge is 2.17. The zero-order valence-electron chi connectivity index (χ0n) is 23.4. The van der Waals surface area contributed by atoms with Crippen molar-refractivity contribution in [2.24, 2.45) is 0 Å². The first-order valence-corrected chi connectivity index (χ1v) is 14.4. The van der Waals surface area contributed by atoms with Crippen LogP contribution in [-0.2, 0) is 0 Å². The number of anilines is 3. The van der Waals surface area contributed by atoms with Gasteiger partial charge < -0.3 is 26.0 Å². The minimum Gasteiger partial charge on any atom is -0.508 e. The molecule has 3 aromatic rings. The Labute approximate surface area is 248 Å². The molecular formula is C30H36BrN5O3S. The van der Waals surface area contributed by atoms with Crippen molar-refractivity contribution >= 4 is 61.7 Å². The van der Waals surface area contributed by atoms with Crippen molar-refractivity contribution < 1.29 is 14.7 Å². The summed E-state index contributed by atoms with van der Waals surface area (Å²) in [6, 6.07) is 12.7. The maximum Gasteiger partial charge on any atom is 0.271 e. The van der Waals surface area contributed by atoms with Gasteiger partial charge in [-0.05, 0) is 75.1 Å². The minimum absolute atomic E-state index is 0.0124. The quantitative estimate of drug-likeness (QED) is 0.133. The molecule has 40 heavy (non-hydrogen) atoms. The highest BCUT2D eigenvalue weighted by Crippen LogP contribution is 2.30. The molecule has 8 nitrogen and oxygen atoms in total. The van der Waals surface area contributed by atoms with Crippen LogP contribution in [0.25, 0.3) is 6.08 Å². The maximum absolute atomic E-state index is 12.9. The van der Waals surface area contributed by atoms with Crippen LogP contribution in [-0.4, -0.2) is 54.0 Å². The number of amides is 2. The number of aryl methyl sites for hydroxylation is 1. The van der Waals surface area contributed by atoms with E-state index in [2.05, 4.69) is 43.4 Å². The molecule has 3 rings (SSSR count). The number of nitrogens with one attached hydrogen (secondary N) is 3. The van der Waals surface area contributed by atoms with Crippen LogP contribution in [0.5, 0.6) is 0 Å². The molecule has 0 saturated heterocycles. The number of allylic oxidation sites excluding steroid dienone is 3. The second-order valence-electron chi connectivity index (χ2n) is 8.56. The number of nitrogens with zero attached hydrogens (tertiary/aromatic N) is 2. The van der Waals surface area contributed by atoms with Crippen LogP contribution in [0.15, 0.2) is 77.5 Å². The molecule has 2 amide bonds. The summed E-state index contributed by atoms with van der Waals surface area (Å²) in [4.78, 5) is 32.7. The van der Waals surface area contributed by atoms with E-state index in [1.807, 2.05) is 64.0 Å². The van der Waals surface area contributed by atoms with E-state index in [0.717, 1.165) is 15.7 Å². The van der Waals surface area contributed by atoms with Gasteiger partial charge in [0.2, 0.25) is 0 Å². The van der Waals surface area contributed by atoms with Crippen LogP contribution >= 0.6 is 27.3 Å². The van der Waals surface area contributed by atoms with Crippen LogP contribution in [0, 0.1) is 6.92 Å². The Morgan fingerprint density at radius 2 is 1.90 bits per heavy atom. The van der Waals surface area contributed by atoms with E-state index < -0.39 is 0 Å². The number of aromatic nitrogens is 1. The van der Waals surface area contributed by atoms with Crippen molar-refractivity contribution in [1.82, 2.24) is 15.2 Å². The topological polar surface area (TPSA) is 107 Å². The number of carbonyl (C=O) groups is 2. The maximum atomic E-state index is 12.9. The molecule has 4 N–H and O–H groups in total. The predicted molar refractivity (Wildman–Crippen MR) is 171 cm³/mol. The fourth-order valence-electron chi connectivity index (χ4n) is 3.22. The number of likely N-dealkylation sites (N-methyl/N-ethyl adjacent to an activating group) is 1. The van der Waals surface area contributed by atoms with Gasteiger partial charge >= 0.3 is 0 Å². The Morgan fingerprint density at radius 3 is 2.58 bits per heavy atom. The molecule has 0 radical (unpaired) electrons. The number of thiazole rings is 1. The summed E-state index contributed by atoms with van der Waals surface area (Å²) in [6.07, 6.45) is 6.15. The summed E-state index contributed by atoms with van der Waals surface area (Å²) in [5.74, 6) is -0.506. The lowest BCUT2D eigenvalue weighted by molar-refractivity contribution is 0.0946. The first-order chi connectivity index (χ1) is 19.2. The number of hydrogen-bond acceptors (Lipinski definition) is 7. The lowest BCUT2D eigenvalue weighted by Gasteiger charge is -2.11. The molecule has 1 aromatic heterocycles. The molecule has 0 spiro atoms. The zero-order chi connectivity index (χ0) is 29.7. The van der Waals surface area contributed by atoms with Crippen LogP contribution in [0.3, 0.4) is 0 Å². The van der Waals surface area contributed by atoms with Crippen LogP contribution in [0.4, 0.5) is 16.5 Å². The summed E-state index contributed by atoms with van der Waals surface area (Å²) in [6.45, 7) is 10.6. The third-order valence-corrected chi connectivity index (χ3v) is 6.69. The van der Waals surface area contributed by atoms with Gasteiger partial charge in [-0.25, -0.2) is 4.98 Å². The minimum atomic E-state index is -0.292. The molecule has 0 saturated carbocycles. The molecule has 1 heterocycles. The van der Waals surface area contributed by atoms with Crippen molar-refractivity contribution in [2.45, 2.75) is 20.8 Å². The number of rotatable bonds is 11. The van der Waals surface area contributed by atoms with Crippen molar-refractivity contribution in [2.75, 3.05) is 37.8 Å². The summed E-state index contributed by atoms with van der Waals surface area (Å²) in [5.41, 5.74) is 3.10. The number of aliphatic hydroxyl groups excluding tert-OH is 1. The highest BCUT2D eigenvalue weighted by atomic mass is 79.9. The summed E-state index contributed by atoms with van der Waals surface area (Å²) in [7, 11) is 3.86. The molecule has 10 heteroatoms. The molecule has 0 fully saturated rings. The molecule has 0 aliphatic heterocycles. The third-order valence-electron chi connectivity index (χ3n) is 5.26. The largest absolute Gasteiger partial charge is 0.508 e. The van der Waals surface area contributed by atoms with Gasteiger partial charge in [0.1, 0.15) is 11.5 Å². The van der Waals surface area contributed by atoms with Gasteiger partial charge in [-0.1, -0.05) is 65.9 Å². The first kappa shape index (κ1) is 32.5. The Kier molecular flexibility index (Phi) is 13.3. The molecular weight excluding hydrogens is 590 g/mol. The van der Waals surface area contributed by atoms with Gasteiger partial charge in [-0.3, -0.25) is 9.59 Å². The van der Waals surface area contributed by atoms with Gasteiger partial charge in [0.15, 0.2) is 5.13 Å². The standard InChI is InChI=1S/C28H30BrN5O3S.C2H6/c1-5-22(35)10-7-11-24-25(27(37)30-14-15-34(3)4)33-28(38-24)32-23-17-21(13-12-18(23)2)31-26(36)19-8-6-9-20(29)16-19;1-2/h5-13,16-17,35H,1,14-15H2,2-4H3,(H,30,37)(H,31,36)(H,32,33);1-2H3/b11-7+,22-10+;. The van der Waals surface area contributed by atoms with Crippen molar-refractivity contribution in [3.63, 3.8) is 0 Å². The van der Waals surface area contributed by atoms with Gasteiger partial charge in [0.05, 0.1) is 4.88 Å². The Morgan fingerprint density at radius 1 is 1.15 bits per heavy atom.